The van der Waals surface area contributed by atoms with Gasteiger partial charge in [-0.2, -0.15) is 0 Å². The molecular formula is C14H23N3S. The van der Waals surface area contributed by atoms with Crippen molar-refractivity contribution >= 4 is 11.8 Å². The van der Waals surface area contributed by atoms with Gasteiger partial charge in [-0.15, -0.1) is 11.8 Å². The molecule has 1 aromatic rings. The molecule has 0 spiro atoms. The Labute approximate surface area is 114 Å². The van der Waals surface area contributed by atoms with Crippen LogP contribution in [0.2, 0.25) is 0 Å². The molecule has 1 atom stereocenters. The molecule has 1 aliphatic rings. The summed E-state index contributed by atoms with van der Waals surface area (Å²) in [6.45, 7) is 3.36. The Morgan fingerprint density at radius 1 is 1.39 bits per heavy atom. The van der Waals surface area contributed by atoms with Crippen molar-refractivity contribution in [3.63, 3.8) is 0 Å². The van der Waals surface area contributed by atoms with Crippen molar-refractivity contribution in [2.45, 2.75) is 50.1 Å². The van der Waals surface area contributed by atoms with E-state index in [1.807, 2.05) is 18.0 Å². The van der Waals surface area contributed by atoms with Crippen molar-refractivity contribution in [2.75, 3.05) is 12.3 Å². The molecule has 1 fully saturated rings. The number of hydrogen-bond donors (Lipinski definition) is 1. The van der Waals surface area contributed by atoms with E-state index in [0.29, 0.717) is 6.04 Å². The summed E-state index contributed by atoms with van der Waals surface area (Å²) in [5, 5.41) is 4.75. The fourth-order valence-electron chi connectivity index (χ4n) is 2.59. The van der Waals surface area contributed by atoms with Crippen molar-refractivity contribution in [1.82, 2.24) is 15.3 Å². The van der Waals surface area contributed by atoms with E-state index in [0.717, 1.165) is 23.2 Å². The van der Waals surface area contributed by atoms with Gasteiger partial charge in [-0.1, -0.05) is 19.8 Å². The maximum atomic E-state index is 4.33. The van der Waals surface area contributed by atoms with Crippen LogP contribution in [0.15, 0.2) is 23.6 Å². The first-order valence-corrected chi connectivity index (χ1v) is 8.01. The summed E-state index contributed by atoms with van der Waals surface area (Å²) >= 11 is 1.83. The lowest BCUT2D eigenvalue weighted by atomic mass is 10.00. The number of hydrogen-bond acceptors (Lipinski definition) is 4. The second kappa shape index (κ2) is 7.74. The monoisotopic (exact) mass is 265 g/mol. The van der Waals surface area contributed by atoms with Crippen LogP contribution < -0.4 is 5.32 Å². The molecule has 1 N–H and O–H groups in total. The highest BCUT2D eigenvalue weighted by molar-refractivity contribution is 7.99. The van der Waals surface area contributed by atoms with Crippen LogP contribution in [-0.2, 0) is 0 Å². The van der Waals surface area contributed by atoms with Crippen molar-refractivity contribution in [2.24, 2.45) is 5.92 Å². The minimum atomic E-state index is 0.638. The molecule has 3 nitrogen and oxygen atoms in total. The van der Waals surface area contributed by atoms with E-state index >= 15 is 0 Å². The first-order valence-electron chi connectivity index (χ1n) is 7.02. The molecule has 18 heavy (non-hydrogen) atoms. The predicted molar refractivity (Wildman–Crippen MR) is 76.8 cm³/mol. The van der Waals surface area contributed by atoms with E-state index in [9.17, 15) is 0 Å². The van der Waals surface area contributed by atoms with Crippen LogP contribution in [0.4, 0.5) is 0 Å². The zero-order valence-electron chi connectivity index (χ0n) is 11.1. The Morgan fingerprint density at radius 2 is 2.22 bits per heavy atom. The molecule has 0 aromatic carbocycles. The second-order valence-corrected chi connectivity index (χ2v) is 6.00. The molecule has 4 heteroatoms. The third kappa shape index (κ3) is 4.25. The van der Waals surface area contributed by atoms with Gasteiger partial charge in [0.25, 0.3) is 0 Å². The predicted octanol–water partition coefficient (Wildman–Crippen LogP) is 3.13. The number of nitrogens with one attached hydrogen (secondary N) is 1. The molecule has 2 rings (SSSR count). The second-order valence-electron chi connectivity index (χ2n) is 4.96. The molecule has 100 valence electrons. The van der Waals surface area contributed by atoms with Crippen molar-refractivity contribution in [3.05, 3.63) is 18.6 Å². The molecule has 0 aliphatic heterocycles. The summed E-state index contributed by atoms with van der Waals surface area (Å²) in [5.41, 5.74) is 0. The van der Waals surface area contributed by atoms with Crippen LogP contribution in [0.5, 0.6) is 0 Å². The van der Waals surface area contributed by atoms with Gasteiger partial charge in [0.2, 0.25) is 0 Å². The molecule has 0 saturated heterocycles. The molecule has 1 heterocycles. The molecule has 1 unspecified atom stereocenters. The molecule has 0 amide bonds. The summed E-state index contributed by atoms with van der Waals surface area (Å²) in [6, 6.07) is 0.638. The van der Waals surface area contributed by atoms with Crippen LogP contribution in [-0.4, -0.2) is 28.3 Å². The van der Waals surface area contributed by atoms with Gasteiger partial charge in [0.1, 0.15) is 5.03 Å². The van der Waals surface area contributed by atoms with Crippen LogP contribution in [0.1, 0.15) is 39.0 Å². The summed E-state index contributed by atoms with van der Waals surface area (Å²) in [7, 11) is 0. The SMILES string of the molecule is CCCNC(CSc1cnccn1)C1CCCC1. The van der Waals surface area contributed by atoms with Crippen LogP contribution in [0, 0.1) is 5.92 Å². The Bertz CT molecular complexity index is 325. The third-order valence-electron chi connectivity index (χ3n) is 3.58. The van der Waals surface area contributed by atoms with Gasteiger partial charge in [0.15, 0.2) is 0 Å². The first-order chi connectivity index (χ1) is 8.90. The quantitative estimate of drug-likeness (QED) is 0.769. The third-order valence-corrected chi connectivity index (χ3v) is 4.61. The largest absolute Gasteiger partial charge is 0.313 e. The van der Waals surface area contributed by atoms with Crippen LogP contribution >= 0.6 is 11.8 Å². The van der Waals surface area contributed by atoms with Crippen molar-refractivity contribution in [3.8, 4) is 0 Å². The standard InChI is InChI=1S/C14H23N3S/c1-2-7-16-13(12-5-3-4-6-12)11-18-14-10-15-8-9-17-14/h8-10,12-13,16H,2-7,11H2,1H3. The van der Waals surface area contributed by atoms with E-state index in [1.165, 1.54) is 32.1 Å². The minimum Gasteiger partial charge on any atom is -0.313 e. The average molecular weight is 265 g/mol. The number of thioether (sulfide) groups is 1. The topological polar surface area (TPSA) is 37.8 Å². The van der Waals surface area contributed by atoms with E-state index in [2.05, 4.69) is 22.2 Å². The van der Waals surface area contributed by atoms with Gasteiger partial charge in [0.05, 0.1) is 6.20 Å². The maximum Gasteiger partial charge on any atom is 0.114 e. The Balaban J connectivity index is 1.84. The Morgan fingerprint density at radius 3 is 2.89 bits per heavy atom. The summed E-state index contributed by atoms with van der Waals surface area (Å²) in [5.74, 6) is 1.98. The van der Waals surface area contributed by atoms with Gasteiger partial charge >= 0.3 is 0 Å². The van der Waals surface area contributed by atoms with Gasteiger partial charge in [-0.25, -0.2) is 4.98 Å². The molecule has 1 aliphatic carbocycles. The maximum absolute atomic E-state index is 4.33. The fourth-order valence-corrected chi connectivity index (χ4v) is 3.60. The van der Waals surface area contributed by atoms with Crippen LogP contribution in [0.25, 0.3) is 0 Å². The molecule has 0 bridgehead atoms. The lowest BCUT2D eigenvalue weighted by Gasteiger charge is -2.24. The molecule has 1 saturated carbocycles. The number of rotatable bonds is 7. The lowest BCUT2D eigenvalue weighted by molar-refractivity contribution is 0.388. The molecular weight excluding hydrogens is 242 g/mol. The summed E-state index contributed by atoms with van der Waals surface area (Å²) in [4.78, 5) is 8.45. The lowest BCUT2D eigenvalue weighted by Crippen LogP contribution is -2.37. The Kier molecular flexibility index (Phi) is 5.94. The normalized spacial score (nSPS) is 18.1. The van der Waals surface area contributed by atoms with Gasteiger partial charge in [0, 0.05) is 24.2 Å². The zero-order chi connectivity index (χ0) is 12.6. The molecule has 1 aromatic heterocycles. The van der Waals surface area contributed by atoms with Gasteiger partial charge < -0.3 is 5.32 Å². The van der Waals surface area contributed by atoms with Crippen LogP contribution in [0.3, 0.4) is 0 Å². The number of nitrogens with zero attached hydrogens (tertiary/aromatic N) is 2. The van der Waals surface area contributed by atoms with Crippen molar-refractivity contribution < 1.29 is 0 Å². The summed E-state index contributed by atoms with van der Waals surface area (Å²) < 4.78 is 0. The highest BCUT2D eigenvalue weighted by atomic mass is 32.2. The van der Waals surface area contributed by atoms with E-state index in [-0.39, 0.29) is 0 Å². The highest BCUT2D eigenvalue weighted by Crippen LogP contribution is 2.30. The highest BCUT2D eigenvalue weighted by Gasteiger charge is 2.24. The molecule has 0 radical (unpaired) electrons. The van der Waals surface area contributed by atoms with Gasteiger partial charge in [-0.3, -0.25) is 4.98 Å². The number of aromatic nitrogens is 2. The van der Waals surface area contributed by atoms with Gasteiger partial charge in [-0.05, 0) is 31.7 Å². The minimum absolute atomic E-state index is 0.638. The summed E-state index contributed by atoms with van der Waals surface area (Å²) in [6.07, 6.45) is 12.2. The average Bonchev–Trinajstić information content (AvgIpc) is 2.94. The van der Waals surface area contributed by atoms with E-state index in [1.54, 1.807) is 12.4 Å². The van der Waals surface area contributed by atoms with Crippen molar-refractivity contribution in [1.29, 1.82) is 0 Å². The fraction of sp³-hybridized carbons (Fsp3) is 0.714. The first kappa shape index (κ1) is 13.8. The van der Waals surface area contributed by atoms with E-state index < -0.39 is 0 Å². The Hall–Kier alpha value is -0.610. The zero-order valence-corrected chi connectivity index (χ0v) is 12.0. The smallest absolute Gasteiger partial charge is 0.114 e. The van der Waals surface area contributed by atoms with E-state index in [4.69, 9.17) is 0 Å².